The smallest absolute Gasteiger partial charge is 0.318 e. The minimum absolute atomic E-state index is 0.0268. The van der Waals surface area contributed by atoms with Crippen LogP contribution in [0, 0.1) is 36.7 Å². The minimum atomic E-state index is -0.925. The monoisotopic (exact) mass is 462 g/mol. The third-order valence-electron chi connectivity index (χ3n) is 5.59. The summed E-state index contributed by atoms with van der Waals surface area (Å²) in [7, 11) is 0. The zero-order chi connectivity index (χ0) is 24.7. The summed E-state index contributed by atoms with van der Waals surface area (Å²) >= 11 is 0. The van der Waals surface area contributed by atoms with Crippen LogP contribution in [0.1, 0.15) is 22.5 Å². The van der Waals surface area contributed by atoms with Gasteiger partial charge in [0, 0.05) is 29.2 Å². The number of nitrogens with zero attached hydrogens (tertiary/aromatic N) is 3. The first-order valence-electron chi connectivity index (χ1n) is 10.2. The van der Waals surface area contributed by atoms with Crippen LogP contribution in [0.3, 0.4) is 0 Å². The van der Waals surface area contributed by atoms with E-state index >= 15 is 0 Å². The number of barbiturate groups is 1. The molecule has 0 unspecified atom stereocenters. The Balaban J connectivity index is 1.76. The Morgan fingerprint density at radius 2 is 1.68 bits per heavy atom. The number of carbonyl (C=O) groups is 3. The number of nitro groups is 1. The fourth-order valence-corrected chi connectivity index (χ4v) is 3.95. The van der Waals surface area contributed by atoms with Crippen LogP contribution >= 0.6 is 0 Å². The van der Waals surface area contributed by atoms with Gasteiger partial charge in [-0.1, -0.05) is 0 Å². The van der Waals surface area contributed by atoms with Crippen molar-refractivity contribution in [1.82, 2.24) is 9.88 Å². The number of carbonyl (C=O) groups excluding carboxylic acids is 3. The fraction of sp³-hybridized carbons (Fsp3) is 0.125. The van der Waals surface area contributed by atoms with Crippen LogP contribution in [0.5, 0.6) is 0 Å². The van der Waals surface area contributed by atoms with E-state index in [-0.39, 0.29) is 16.9 Å². The van der Waals surface area contributed by atoms with Crippen molar-refractivity contribution in [2.75, 3.05) is 4.90 Å². The van der Waals surface area contributed by atoms with Gasteiger partial charge in [-0.05, 0) is 74.4 Å². The summed E-state index contributed by atoms with van der Waals surface area (Å²) in [4.78, 5) is 49.3. The minimum Gasteiger partial charge on any atom is -0.318 e. The molecule has 0 bridgehead atoms. The van der Waals surface area contributed by atoms with E-state index in [2.05, 4.69) is 5.32 Å². The molecule has 1 aliphatic rings. The van der Waals surface area contributed by atoms with E-state index in [4.69, 9.17) is 0 Å². The maximum atomic E-state index is 13.3. The second kappa shape index (κ2) is 8.39. The average molecular weight is 462 g/mol. The maximum Gasteiger partial charge on any atom is 0.335 e. The number of urea groups is 1. The lowest BCUT2D eigenvalue weighted by Gasteiger charge is -2.26. The number of rotatable bonds is 4. The molecule has 0 aliphatic carbocycles. The Labute approximate surface area is 193 Å². The van der Waals surface area contributed by atoms with Gasteiger partial charge in [-0.15, -0.1) is 0 Å². The SMILES string of the molecule is Cc1cc([N+](=O)[O-])ccc1-n1c(C)cc(/C=C2\C(=O)NC(=O)N(c3ccc(F)cc3)C2=O)c1C. The molecule has 172 valence electrons. The van der Waals surface area contributed by atoms with Crippen molar-refractivity contribution in [3.05, 3.63) is 92.6 Å². The van der Waals surface area contributed by atoms with E-state index in [0.717, 1.165) is 22.7 Å². The summed E-state index contributed by atoms with van der Waals surface area (Å²) in [6, 6.07) is 10.1. The van der Waals surface area contributed by atoms with Crippen molar-refractivity contribution >= 4 is 35.3 Å². The standard InChI is InChI=1S/C24H19FN4O5/c1-13-10-19(29(33)34)8-9-21(13)27-14(2)11-16(15(27)3)12-20-22(30)26-24(32)28(23(20)31)18-6-4-17(25)5-7-18/h4-12H,1-3H3,(H,26,30,32)/b20-12+. The molecular weight excluding hydrogens is 443 g/mol. The highest BCUT2D eigenvalue weighted by Crippen LogP contribution is 2.28. The summed E-state index contributed by atoms with van der Waals surface area (Å²) in [6.07, 6.45) is 1.39. The van der Waals surface area contributed by atoms with E-state index in [9.17, 15) is 28.9 Å². The number of non-ortho nitro benzene ring substituents is 1. The number of hydrogen-bond donors (Lipinski definition) is 1. The molecule has 4 rings (SSSR count). The largest absolute Gasteiger partial charge is 0.335 e. The van der Waals surface area contributed by atoms with Crippen LogP contribution in [0.25, 0.3) is 11.8 Å². The zero-order valence-electron chi connectivity index (χ0n) is 18.5. The summed E-state index contributed by atoms with van der Waals surface area (Å²) in [6.45, 7) is 5.37. The molecule has 10 heteroatoms. The predicted octanol–water partition coefficient (Wildman–Crippen LogP) is 4.12. The van der Waals surface area contributed by atoms with Crippen LogP contribution < -0.4 is 10.2 Å². The Hall–Kier alpha value is -4.60. The Kier molecular flexibility index (Phi) is 5.58. The molecule has 0 spiro atoms. The number of halogens is 1. The maximum absolute atomic E-state index is 13.3. The highest BCUT2D eigenvalue weighted by atomic mass is 19.1. The zero-order valence-corrected chi connectivity index (χ0v) is 18.5. The van der Waals surface area contributed by atoms with E-state index in [1.807, 2.05) is 11.5 Å². The van der Waals surface area contributed by atoms with Crippen molar-refractivity contribution in [2.45, 2.75) is 20.8 Å². The second-order valence-electron chi connectivity index (χ2n) is 7.82. The highest BCUT2D eigenvalue weighted by Gasteiger charge is 2.37. The molecule has 1 fully saturated rings. The van der Waals surface area contributed by atoms with Gasteiger partial charge in [0.15, 0.2) is 0 Å². The van der Waals surface area contributed by atoms with Gasteiger partial charge in [0.05, 0.1) is 10.6 Å². The van der Waals surface area contributed by atoms with E-state index < -0.39 is 28.6 Å². The van der Waals surface area contributed by atoms with Crippen LogP contribution in [0.15, 0.2) is 54.1 Å². The van der Waals surface area contributed by atoms with Crippen molar-refractivity contribution < 1.29 is 23.7 Å². The van der Waals surface area contributed by atoms with E-state index in [1.165, 1.54) is 30.3 Å². The third-order valence-corrected chi connectivity index (χ3v) is 5.59. The molecule has 1 saturated heterocycles. The molecule has 0 radical (unpaired) electrons. The Morgan fingerprint density at radius 3 is 2.29 bits per heavy atom. The van der Waals surface area contributed by atoms with Gasteiger partial charge < -0.3 is 4.57 Å². The predicted molar refractivity (Wildman–Crippen MR) is 122 cm³/mol. The molecule has 3 aromatic rings. The summed E-state index contributed by atoms with van der Waals surface area (Å²) in [5.41, 5.74) is 3.24. The highest BCUT2D eigenvalue weighted by molar-refractivity contribution is 6.39. The van der Waals surface area contributed by atoms with Crippen LogP contribution in [-0.2, 0) is 9.59 Å². The molecule has 0 atom stereocenters. The Bertz CT molecular complexity index is 1410. The number of aromatic nitrogens is 1. The fourth-order valence-electron chi connectivity index (χ4n) is 3.95. The number of nitrogens with one attached hydrogen (secondary N) is 1. The van der Waals surface area contributed by atoms with Crippen molar-refractivity contribution in [3.63, 3.8) is 0 Å². The summed E-state index contributed by atoms with van der Waals surface area (Å²) < 4.78 is 15.1. The van der Waals surface area contributed by atoms with E-state index in [1.54, 1.807) is 26.0 Å². The number of hydrogen-bond acceptors (Lipinski definition) is 5. The average Bonchev–Trinajstić information content (AvgIpc) is 3.05. The molecule has 0 saturated carbocycles. The number of imide groups is 2. The normalized spacial score (nSPS) is 15.1. The third kappa shape index (κ3) is 3.85. The second-order valence-corrected chi connectivity index (χ2v) is 7.82. The molecule has 2 aromatic carbocycles. The molecule has 34 heavy (non-hydrogen) atoms. The number of aryl methyl sites for hydroxylation is 2. The first kappa shape index (κ1) is 22.6. The molecule has 2 heterocycles. The molecule has 1 aliphatic heterocycles. The number of benzene rings is 2. The van der Waals surface area contributed by atoms with Gasteiger partial charge in [0.1, 0.15) is 11.4 Å². The van der Waals surface area contributed by atoms with Gasteiger partial charge in [0.25, 0.3) is 17.5 Å². The van der Waals surface area contributed by atoms with Gasteiger partial charge in [-0.2, -0.15) is 0 Å². The van der Waals surface area contributed by atoms with Gasteiger partial charge in [0.2, 0.25) is 0 Å². The lowest BCUT2D eigenvalue weighted by Crippen LogP contribution is -2.54. The van der Waals surface area contributed by atoms with Gasteiger partial charge in [-0.3, -0.25) is 25.0 Å². The summed E-state index contributed by atoms with van der Waals surface area (Å²) in [5, 5.41) is 13.2. The van der Waals surface area contributed by atoms with Crippen molar-refractivity contribution in [1.29, 1.82) is 0 Å². The van der Waals surface area contributed by atoms with E-state index in [0.29, 0.717) is 22.5 Å². The topological polar surface area (TPSA) is 115 Å². The number of anilines is 1. The molecule has 9 nitrogen and oxygen atoms in total. The van der Waals surface area contributed by atoms with Crippen molar-refractivity contribution in [2.24, 2.45) is 0 Å². The summed E-state index contributed by atoms with van der Waals surface area (Å²) in [5.74, 6) is -2.21. The number of nitro benzene ring substituents is 1. The lowest BCUT2D eigenvalue weighted by atomic mass is 10.1. The van der Waals surface area contributed by atoms with Crippen LogP contribution in [0.2, 0.25) is 0 Å². The Morgan fingerprint density at radius 1 is 1.00 bits per heavy atom. The first-order chi connectivity index (χ1) is 16.1. The molecular formula is C24H19FN4O5. The first-order valence-corrected chi connectivity index (χ1v) is 10.2. The van der Waals surface area contributed by atoms with Crippen LogP contribution in [-0.4, -0.2) is 27.3 Å². The van der Waals surface area contributed by atoms with Crippen LogP contribution in [0.4, 0.5) is 20.6 Å². The van der Waals surface area contributed by atoms with Gasteiger partial charge >= 0.3 is 6.03 Å². The quantitative estimate of drug-likeness (QED) is 0.271. The molecule has 1 N–H and O–H groups in total. The van der Waals surface area contributed by atoms with Crippen molar-refractivity contribution in [3.8, 4) is 5.69 Å². The number of amides is 4. The lowest BCUT2D eigenvalue weighted by molar-refractivity contribution is -0.384. The molecule has 1 aromatic heterocycles. The van der Waals surface area contributed by atoms with Gasteiger partial charge in [-0.25, -0.2) is 14.1 Å². The molecule has 4 amide bonds.